The fraction of sp³-hybridized carbons (Fsp3) is 0.220. The first kappa shape index (κ1) is 29.5. The SMILES string of the molecule is CCc1ccnc(-n2c3ccc(C(C)C(C)C)cc3c3ccc(Oc4cccc(-n5nc(C)c(-c6ccccc6)c5C)c4)cc32)c1. The zero-order valence-electron chi connectivity index (χ0n) is 27.5. The van der Waals surface area contributed by atoms with Crippen molar-refractivity contribution in [1.82, 2.24) is 19.3 Å². The third-order valence-corrected chi connectivity index (χ3v) is 9.39. The van der Waals surface area contributed by atoms with Gasteiger partial charge in [0.2, 0.25) is 0 Å². The summed E-state index contributed by atoms with van der Waals surface area (Å²) in [5, 5.41) is 7.33. The molecule has 7 aromatic rings. The van der Waals surface area contributed by atoms with E-state index >= 15 is 0 Å². The van der Waals surface area contributed by atoms with E-state index in [0.717, 1.165) is 57.4 Å². The molecule has 0 amide bonds. The van der Waals surface area contributed by atoms with E-state index in [9.17, 15) is 0 Å². The number of hydrogen-bond donors (Lipinski definition) is 0. The first-order chi connectivity index (χ1) is 22.3. The highest BCUT2D eigenvalue weighted by Crippen LogP contribution is 2.38. The second-order valence-corrected chi connectivity index (χ2v) is 12.6. The minimum atomic E-state index is 0.463. The molecule has 7 rings (SSSR count). The fourth-order valence-corrected chi connectivity index (χ4v) is 6.53. The Balaban J connectivity index is 1.31. The van der Waals surface area contributed by atoms with E-state index in [1.54, 1.807) is 0 Å². The Kier molecular flexibility index (Phi) is 7.69. The number of aromatic nitrogens is 4. The predicted molar refractivity (Wildman–Crippen MR) is 190 cm³/mol. The van der Waals surface area contributed by atoms with Crippen molar-refractivity contribution < 1.29 is 4.74 Å². The Bertz CT molecular complexity index is 2190. The van der Waals surface area contributed by atoms with Crippen molar-refractivity contribution in [3.05, 3.63) is 132 Å². The van der Waals surface area contributed by atoms with E-state index in [1.165, 1.54) is 27.5 Å². The van der Waals surface area contributed by atoms with E-state index in [4.69, 9.17) is 14.8 Å². The monoisotopic (exact) mass is 604 g/mol. The van der Waals surface area contributed by atoms with Crippen LogP contribution in [0.25, 0.3) is 44.4 Å². The van der Waals surface area contributed by atoms with E-state index in [-0.39, 0.29) is 0 Å². The molecule has 230 valence electrons. The number of fused-ring (bicyclic) bond motifs is 3. The Morgan fingerprint density at radius 2 is 1.54 bits per heavy atom. The Morgan fingerprint density at radius 1 is 0.739 bits per heavy atom. The quantitative estimate of drug-likeness (QED) is 0.173. The number of rotatable bonds is 8. The lowest BCUT2D eigenvalue weighted by Crippen LogP contribution is -2.02. The normalized spacial score (nSPS) is 12.3. The Hall–Kier alpha value is -5.16. The Morgan fingerprint density at radius 3 is 2.33 bits per heavy atom. The summed E-state index contributed by atoms with van der Waals surface area (Å²) in [4.78, 5) is 4.83. The Labute approximate surface area is 271 Å². The zero-order valence-corrected chi connectivity index (χ0v) is 27.5. The minimum Gasteiger partial charge on any atom is -0.457 e. The van der Waals surface area contributed by atoms with Gasteiger partial charge in [0, 0.05) is 40.4 Å². The molecule has 1 unspecified atom stereocenters. The molecule has 5 nitrogen and oxygen atoms in total. The molecule has 4 aromatic carbocycles. The average molecular weight is 605 g/mol. The highest BCUT2D eigenvalue weighted by molar-refractivity contribution is 6.09. The zero-order chi connectivity index (χ0) is 31.9. The highest BCUT2D eigenvalue weighted by atomic mass is 16.5. The molecule has 0 aliphatic carbocycles. The van der Waals surface area contributed by atoms with Crippen molar-refractivity contribution in [2.45, 2.75) is 53.9 Å². The topological polar surface area (TPSA) is 44.9 Å². The van der Waals surface area contributed by atoms with Crippen LogP contribution in [0.1, 0.15) is 56.1 Å². The first-order valence-electron chi connectivity index (χ1n) is 16.3. The maximum Gasteiger partial charge on any atom is 0.137 e. The summed E-state index contributed by atoms with van der Waals surface area (Å²) in [5.41, 5.74) is 10.2. The second-order valence-electron chi connectivity index (χ2n) is 12.6. The molecule has 3 aromatic heterocycles. The first-order valence-corrected chi connectivity index (χ1v) is 16.3. The summed E-state index contributed by atoms with van der Waals surface area (Å²) < 4.78 is 10.8. The molecule has 3 heterocycles. The summed E-state index contributed by atoms with van der Waals surface area (Å²) in [6.07, 6.45) is 2.87. The lowest BCUT2D eigenvalue weighted by atomic mass is 9.89. The van der Waals surface area contributed by atoms with E-state index < -0.39 is 0 Å². The van der Waals surface area contributed by atoms with Gasteiger partial charge in [-0.25, -0.2) is 9.67 Å². The van der Waals surface area contributed by atoms with Crippen LogP contribution in [0.4, 0.5) is 0 Å². The van der Waals surface area contributed by atoms with Gasteiger partial charge in [0.1, 0.15) is 17.3 Å². The number of pyridine rings is 1. The van der Waals surface area contributed by atoms with Crippen LogP contribution < -0.4 is 4.74 Å². The smallest absolute Gasteiger partial charge is 0.137 e. The van der Waals surface area contributed by atoms with Crippen molar-refractivity contribution in [1.29, 1.82) is 0 Å². The summed E-state index contributed by atoms with van der Waals surface area (Å²) in [6.45, 7) is 13.3. The van der Waals surface area contributed by atoms with Gasteiger partial charge in [-0.3, -0.25) is 4.57 Å². The second kappa shape index (κ2) is 12.0. The van der Waals surface area contributed by atoms with Gasteiger partial charge in [0.25, 0.3) is 0 Å². The molecular formula is C41H40N4O. The molecular weight excluding hydrogens is 564 g/mol. The summed E-state index contributed by atoms with van der Waals surface area (Å²) in [6, 6.07) is 36.2. The molecule has 0 aliphatic rings. The van der Waals surface area contributed by atoms with E-state index in [2.05, 4.69) is 131 Å². The summed E-state index contributed by atoms with van der Waals surface area (Å²) >= 11 is 0. The fourth-order valence-electron chi connectivity index (χ4n) is 6.53. The molecule has 0 saturated heterocycles. The van der Waals surface area contributed by atoms with Gasteiger partial charge in [0.15, 0.2) is 0 Å². The van der Waals surface area contributed by atoms with Crippen LogP contribution in [-0.4, -0.2) is 19.3 Å². The standard InChI is InChI=1S/C41H40N4O/c1-7-30-20-21-42-40(22-30)44-38-19-16-32(27(4)26(2)3)23-37(38)36-18-17-35(25-39(36)44)46-34-15-11-14-33(24-34)45-29(6)41(28(5)43-45)31-12-9-8-10-13-31/h8-27H,7H2,1-6H3. The molecule has 0 radical (unpaired) electrons. The molecule has 1 atom stereocenters. The van der Waals surface area contributed by atoms with Crippen molar-refractivity contribution >= 4 is 21.8 Å². The van der Waals surface area contributed by atoms with Gasteiger partial charge in [-0.2, -0.15) is 5.10 Å². The molecule has 0 bridgehead atoms. The lowest BCUT2D eigenvalue weighted by Gasteiger charge is -2.16. The van der Waals surface area contributed by atoms with Gasteiger partial charge in [-0.05, 0) is 97.3 Å². The molecule has 0 spiro atoms. The van der Waals surface area contributed by atoms with Crippen molar-refractivity contribution in [2.24, 2.45) is 5.92 Å². The molecule has 0 fully saturated rings. The van der Waals surface area contributed by atoms with Crippen LogP contribution in [0.5, 0.6) is 11.5 Å². The maximum atomic E-state index is 6.56. The lowest BCUT2D eigenvalue weighted by molar-refractivity contribution is 0.482. The number of nitrogens with zero attached hydrogens (tertiary/aromatic N) is 4. The van der Waals surface area contributed by atoms with Crippen LogP contribution in [0, 0.1) is 19.8 Å². The third kappa shape index (κ3) is 5.26. The third-order valence-electron chi connectivity index (χ3n) is 9.39. The van der Waals surface area contributed by atoms with Gasteiger partial charge in [-0.15, -0.1) is 0 Å². The van der Waals surface area contributed by atoms with Gasteiger partial charge < -0.3 is 4.74 Å². The van der Waals surface area contributed by atoms with Crippen LogP contribution in [0.3, 0.4) is 0 Å². The summed E-state index contributed by atoms with van der Waals surface area (Å²) in [7, 11) is 0. The maximum absolute atomic E-state index is 6.56. The van der Waals surface area contributed by atoms with Gasteiger partial charge in [-0.1, -0.05) is 70.2 Å². The predicted octanol–water partition coefficient (Wildman–Crippen LogP) is 10.8. The van der Waals surface area contributed by atoms with Gasteiger partial charge in [0.05, 0.1) is 22.4 Å². The number of hydrogen-bond acceptors (Lipinski definition) is 3. The number of ether oxygens (including phenoxy) is 1. The largest absolute Gasteiger partial charge is 0.457 e. The molecule has 0 aliphatic heterocycles. The van der Waals surface area contributed by atoms with Crippen LogP contribution in [-0.2, 0) is 6.42 Å². The van der Waals surface area contributed by atoms with Crippen molar-refractivity contribution in [3.8, 4) is 34.1 Å². The summed E-state index contributed by atoms with van der Waals surface area (Å²) in [5.74, 6) is 3.47. The minimum absolute atomic E-state index is 0.463. The molecule has 46 heavy (non-hydrogen) atoms. The van der Waals surface area contributed by atoms with E-state index in [1.807, 2.05) is 29.1 Å². The van der Waals surface area contributed by atoms with Crippen LogP contribution >= 0.6 is 0 Å². The molecule has 5 heteroatoms. The average Bonchev–Trinajstić information content (AvgIpc) is 3.56. The van der Waals surface area contributed by atoms with Crippen molar-refractivity contribution in [2.75, 3.05) is 0 Å². The molecule has 0 saturated carbocycles. The van der Waals surface area contributed by atoms with Crippen LogP contribution in [0.2, 0.25) is 0 Å². The van der Waals surface area contributed by atoms with Crippen molar-refractivity contribution in [3.63, 3.8) is 0 Å². The van der Waals surface area contributed by atoms with Crippen LogP contribution in [0.15, 0.2) is 109 Å². The van der Waals surface area contributed by atoms with Gasteiger partial charge >= 0.3 is 0 Å². The highest BCUT2D eigenvalue weighted by Gasteiger charge is 2.19. The van der Waals surface area contributed by atoms with E-state index in [0.29, 0.717) is 11.8 Å². The number of aryl methyl sites for hydroxylation is 2. The molecule has 0 N–H and O–H groups in total. The number of benzene rings is 4.